The Hall–Kier alpha value is -3.33. The van der Waals surface area contributed by atoms with Gasteiger partial charge in [0.1, 0.15) is 11.5 Å². The fourth-order valence-corrected chi connectivity index (χ4v) is 2.92. The summed E-state index contributed by atoms with van der Waals surface area (Å²) in [6.45, 7) is 0. The van der Waals surface area contributed by atoms with E-state index in [1.54, 1.807) is 49.2 Å². The van der Waals surface area contributed by atoms with Crippen LogP contribution in [0.5, 0.6) is 11.5 Å². The lowest BCUT2D eigenvalue weighted by Crippen LogP contribution is -2.08. The lowest BCUT2D eigenvalue weighted by molar-refractivity contribution is -0.111. The zero-order chi connectivity index (χ0) is 19.9. The summed E-state index contributed by atoms with van der Waals surface area (Å²) in [7, 11) is 3.16. The first-order valence-electron chi connectivity index (χ1n) is 8.28. The number of methoxy groups -OCH3 is 2. The van der Waals surface area contributed by atoms with E-state index in [0.29, 0.717) is 22.3 Å². The molecule has 9 heteroatoms. The SMILES string of the molecule is COc1ccc(/C=C/C(=O)Nc2cccc(-n3nnnc3SC)c2)c(OC)c1. The molecular weight excluding hydrogens is 378 g/mol. The number of carbonyl (C=O) groups excluding carboxylic acids is 1. The van der Waals surface area contributed by atoms with Crippen LogP contribution < -0.4 is 14.8 Å². The number of nitrogens with zero attached hydrogens (tertiary/aromatic N) is 4. The Bertz CT molecular complexity index is 1000. The molecule has 2 aromatic carbocycles. The van der Waals surface area contributed by atoms with Gasteiger partial charge in [0.15, 0.2) is 0 Å². The van der Waals surface area contributed by atoms with E-state index < -0.39 is 0 Å². The Morgan fingerprint density at radius 1 is 1.18 bits per heavy atom. The molecule has 0 aliphatic rings. The Morgan fingerprint density at radius 2 is 2.04 bits per heavy atom. The third-order valence-corrected chi connectivity index (χ3v) is 4.46. The fourth-order valence-electron chi connectivity index (χ4n) is 2.49. The van der Waals surface area contributed by atoms with Gasteiger partial charge in [-0.2, -0.15) is 4.68 Å². The number of ether oxygens (including phenoxy) is 2. The number of thioether (sulfide) groups is 1. The maximum absolute atomic E-state index is 12.3. The number of tetrazole rings is 1. The standard InChI is InChI=1S/C19H19N5O3S/c1-26-16-9-7-13(17(12-16)27-2)8-10-18(25)20-14-5-4-6-15(11-14)24-19(28-3)21-22-23-24/h4-12H,1-3H3,(H,20,25)/b10-8+. The lowest BCUT2D eigenvalue weighted by Gasteiger charge is -2.08. The predicted molar refractivity (Wildman–Crippen MR) is 108 cm³/mol. The molecule has 0 bridgehead atoms. The maximum atomic E-state index is 12.3. The van der Waals surface area contributed by atoms with E-state index in [1.807, 2.05) is 24.5 Å². The van der Waals surface area contributed by atoms with Gasteiger partial charge in [-0.1, -0.05) is 17.8 Å². The van der Waals surface area contributed by atoms with Crippen LogP contribution in [-0.4, -0.2) is 46.6 Å². The molecule has 1 heterocycles. The summed E-state index contributed by atoms with van der Waals surface area (Å²) in [5.74, 6) is 1.04. The van der Waals surface area contributed by atoms with Crippen LogP contribution in [0, 0.1) is 0 Å². The quantitative estimate of drug-likeness (QED) is 0.484. The van der Waals surface area contributed by atoms with Gasteiger partial charge in [0.05, 0.1) is 19.9 Å². The minimum absolute atomic E-state index is 0.267. The van der Waals surface area contributed by atoms with Crippen LogP contribution in [-0.2, 0) is 4.79 Å². The molecule has 1 N–H and O–H groups in total. The minimum atomic E-state index is -0.267. The largest absolute Gasteiger partial charge is 0.497 e. The molecule has 3 rings (SSSR count). The van der Waals surface area contributed by atoms with Crippen molar-refractivity contribution in [2.45, 2.75) is 5.16 Å². The minimum Gasteiger partial charge on any atom is -0.497 e. The summed E-state index contributed by atoms with van der Waals surface area (Å²) in [6.07, 6.45) is 5.03. The molecule has 0 aliphatic heterocycles. The van der Waals surface area contributed by atoms with Gasteiger partial charge < -0.3 is 14.8 Å². The lowest BCUT2D eigenvalue weighted by atomic mass is 10.1. The molecule has 0 fully saturated rings. The topological polar surface area (TPSA) is 91.2 Å². The summed E-state index contributed by atoms with van der Waals surface area (Å²) >= 11 is 1.44. The first kappa shape index (κ1) is 19.4. The van der Waals surface area contributed by atoms with Crippen molar-refractivity contribution in [1.82, 2.24) is 20.2 Å². The molecule has 8 nitrogen and oxygen atoms in total. The summed E-state index contributed by atoms with van der Waals surface area (Å²) < 4.78 is 12.1. The molecule has 0 spiro atoms. The van der Waals surface area contributed by atoms with Gasteiger partial charge in [-0.05, 0) is 53.1 Å². The van der Waals surface area contributed by atoms with Crippen LogP contribution in [0.25, 0.3) is 11.8 Å². The van der Waals surface area contributed by atoms with E-state index in [9.17, 15) is 4.79 Å². The van der Waals surface area contributed by atoms with Crippen LogP contribution >= 0.6 is 11.8 Å². The van der Waals surface area contributed by atoms with E-state index in [2.05, 4.69) is 20.8 Å². The summed E-state index contributed by atoms with van der Waals surface area (Å²) in [5.41, 5.74) is 2.16. The molecule has 144 valence electrons. The van der Waals surface area contributed by atoms with Gasteiger partial charge in [0, 0.05) is 23.4 Å². The Morgan fingerprint density at radius 3 is 2.79 bits per heavy atom. The third-order valence-electron chi connectivity index (χ3n) is 3.84. The van der Waals surface area contributed by atoms with Crippen molar-refractivity contribution in [3.8, 4) is 17.2 Å². The van der Waals surface area contributed by atoms with E-state index in [1.165, 1.54) is 17.8 Å². The molecule has 0 saturated carbocycles. The normalized spacial score (nSPS) is 10.8. The molecule has 28 heavy (non-hydrogen) atoms. The molecule has 3 aromatic rings. The number of hydrogen-bond acceptors (Lipinski definition) is 7. The van der Waals surface area contributed by atoms with Crippen molar-refractivity contribution in [2.24, 2.45) is 0 Å². The maximum Gasteiger partial charge on any atom is 0.248 e. The predicted octanol–water partition coefficient (Wildman–Crippen LogP) is 3.05. The average Bonchev–Trinajstić information content (AvgIpc) is 3.21. The average molecular weight is 397 g/mol. The van der Waals surface area contributed by atoms with Gasteiger partial charge >= 0.3 is 0 Å². The molecule has 0 saturated heterocycles. The highest BCUT2D eigenvalue weighted by atomic mass is 32.2. The zero-order valence-corrected chi connectivity index (χ0v) is 16.4. The molecule has 1 aromatic heterocycles. The summed E-state index contributed by atoms with van der Waals surface area (Å²) in [5, 5.41) is 15.1. The third kappa shape index (κ3) is 4.49. The molecule has 0 unspecified atom stereocenters. The van der Waals surface area contributed by atoms with E-state index in [0.717, 1.165) is 11.3 Å². The van der Waals surface area contributed by atoms with Crippen molar-refractivity contribution in [1.29, 1.82) is 0 Å². The van der Waals surface area contributed by atoms with Crippen LogP contribution in [0.4, 0.5) is 5.69 Å². The number of hydrogen-bond donors (Lipinski definition) is 1. The number of aromatic nitrogens is 4. The Labute approximate surface area is 166 Å². The Kier molecular flexibility index (Phi) is 6.28. The molecule has 0 radical (unpaired) electrons. The smallest absolute Gasteiger partial charge is 0.248 e. The number of benzene rings is 2. The number of nitrogens with one attached hydrogen (secondary N) is 1. The van der Waals surface area contributed by atoms with Gasteiger partial charge in [0.2, 0.25) is 11.1 Å². The number of rotatable bonds is 7. The van der Waals surface area contributed by atoms with Crippen molar-refractivity contribution in [3.63, 3.8) is 0 Å². The molecule has 0 atom stereocenters. The highest BCUT2D eigenvalue weighted by Gasteiger charge is 2.08. The van der Waals surface area contributed by atoms with Crippen LogP contribution in [0.15, 0.2) is 53.7 Å². The molecular formula is C19H19N5O3S. The van der Waals surface area contributed by atoms with Gasteiger partial charge in [-0.15, -0.1) is 5.10 Å². The van der Waals surface area contributed by atoms with Crippen LogP contribution in [0.3, 0.4) is 0 Å². The second kappa shape index (κ2) is 9.05. The summed E-state index contributed by atoms with van der Waals surface area (Å²) in [4.78, 5) is 12.3. The van der Waals surface area contributed by atoms with Crippen LogP contribution in [0.2, 0.25) is 0 Å². The highest BCUT2D eigenvalue weighted by Crippen LogP contribution is 2.25. The van der Waals surface area contributed by atoms with Gasteiger partial charge in [-0.3, -0.25) is 4.79 Å². The second-order valence-corrected chi connectivity index (χ2v) is 6.33. The molecule has 1 amide bonds. The van der Waals surface area contributed by atoms with Crippen molar-refractivity contribution in [2.75, 3.05) is 25.8 Å². The van der Waals surface area contributed by atoms with E-state index in [-0.39, 0.29) is 5.91 Å². The van der Waals surface area contributed by atoms with E-state index in [4.69, 9.17) is 9.47 Å². The highest BCUT2D eigenvalue weighted by molar-refractivity contribution is 7.98. The first-order chi connectivity index (χ1) is 13.6. The second-order valence-electron chi connectivity index (χ2n) is 5.56. The Balaban J connectivity index is 1.73. The van der Waals surface area contributed by atoms with Gasteiger partial charge in [0.25, 0.3) is 0 Å². The molecule has 0 aliphatic carbocycles. The summed E-state index contributed by atoms with van der Waals surface area (Å²) in [6, 6.07) is 12.7. The zero-order valence-electron chi connectivity index (χ0n) is 15.6. The van der Waals surface area contributed by atoms with Crippen molar-refractivity contribution >= 4 is 29.4 Å². The number of carbonyl (C=O) groups is 1. The number of amides is 1. The first-order valence-corrected chi connectivity index (χ1v) is 9.51. The van der Waals surface area contributed by atoms with Crippen molar-refractivity contribution < 1.29 is 14.3 Å². The van der Waals surface area contributed by atoms with E-state index >= 15 is 0 Å². The fraction of sp³-hybridized carbons (Fsp3) is 0.158. The monoisotopic (exact) mass is 397 g/mol. The van der Waals surface area contributed by atoms with Crippen LogP contribution in [0.1, 0.15) is 5.56 Å². The number of anilines is 1. The van der Waals surface area contributed by atoms with Crippen molar-refractivity contribution in [3.05, 3.63) is 54.1 Å². The van der Waals surface area contributed by atoms with Gasteiger partial charge in [-0.25, -0.2) is 0 Å².